The fourth-order valence-electron chi connectivity index (χ4n) is 5.25. The summed E-state index contributed by atoms with van der Waals surface area (Å²) in [7, 11) is 0. The largest absolute Gasteiger partial charge is 0.352 e. The summed E-state index contributed by atoms with van der Waals surface area (Å²) in [6.45, 7) is 3.71. The first-order valence-electron chi connectivity index (χ1n) is 12.2. The summed E-state index contributed by atoms with van der Waals surface area (Å²) in [5, 5.41) is 23.7. The Morgan fingerprint density at radius 1 is 1.11 bits per heavy atom. The summed E-state index contributed by atoms with van der Waals surface area (Å²) in [4.78, 5) is 11.3. The number of nitrogens with zero attached hydrogens (tertiary/aromatic N) is 9. The van der Waals surface area contributed by atoms with Crippen molar-refractivity contribution in [1.82, 2.24) is 45.1 Å². The Kier molecular flexibility index (Phi) is 4.73. The summed E-state index contributed by atoms with van der Waals surface area (Å²) in [6.07, 6.45) is 11.0. The molecule has 2 fully saturated rings. The van der Waals surface area contributed by atoms with E-state index in [-0.39, 0.29) is 12.1 Å². The average molecular weight is 467 g/mol. The number of hydrogen-bond donors (Lipinski definition) is 1. The van der Waals surface area contributed by atoms with E-state index in [2.05, 4.69) is 71.1 Å². The second-order valence-corrected chi connectivity index (χ2v) is 9.58. The first-order chi connectivity index (χ1) is 17.2. The van der Waals surface area contributed by atoms with Crippen LogP contribution in [0, 0.1) is 6.92 Å². The Hall–Kier alpha value is -3.92. The van der Waals surface area contributed by atoms with Crippen LogP contribution >= 0.6 is 0 Å². The van der Waals surface area contributed by atoms with Gasteiger partial charge in [-0.15, -0.1) is 5.10 Å². The Balaban J connectivity index is 1.21. The SMILES string of the molecule is Cc1cc2c(N3CC(NC(c4cccc5cnccc45)c4nnnn4C4CCC4)C3)nccn2n1. The van der Waals surface area contributed by atoms with E-state index >= 15 is 0 Å². The summed E-state index contributed by atoms with van der Waals surface area (Å²) >= 11 is 0. The van der Waals surface area contributed by atoms with Crippen molar-refractivity contribution in [2.45, 2.75) is 44.3 Å². The van der Waals surface area contributed by atoms with Crippen molar-refractivity contribution in [3.05, 3.63) is 72.2 Å². The zero-order valence-electron chi connectivity index (χ0n) is 19.5. The van der Waals surface area contributed by atoms with Crippen molar-refractivity contribution < 1.29 is 0 Å². The summed E-state index contributed by atoms with van der Waals surface area (Å²) < 4.78 is 3.94. The Morgan fingerprint density at radius 2 is 2.03 bits per heavy atom. The van der Waals surface area contributed by atoms with Gasteiger partial charge >= 0.3 is 0 Å². The number of benzene rings is 1. The van der Waals surface area contributed by atoms with Crippen LogP contribution in [0.15, 0.2) is 55.1 Å². The predicted molar refractivity (Wildman–Crippen MR) is 131 cm³/mol. The topological polar surface area (TPSA) is 102 Å². The number of rotatable bonds is 6. The number of aromatic nitrogens is 8. The Bertz CT molecular complexity index is 1510. The van der Waals surface area contributed by atoms with Gasteiger partial charge in [-0.1, -0.05) is 18.2 Å². The Labute approximate surface area is 202 Å². The number of nitrogens with one attached hydrogen (secondary N) is 1. The zero-order valence-corrected chi connectivity index (χ0v) is 19.5. The highest BCUT2D eigenvalue weighted by Gasteiger charge is 2.35. The zero-order chi connectivity index (χ0) is 23.4. The van der Waals surface area contributed by atoms with Crippen LogP contribution in [0.3, 0.4) is 0 Å². The van der Waals surface area contributed by atoms with E-state index in [4.69, 9.17) is 0 Å². The fourth-order valence-corrected chi connectivity index (χ4v) is 5.25. The van der Waals surface area contributed by atoms with Gasteiger partial charge in [-0.2, -0.15) is 5.10 Å². The van der Waals surface area contributed by atoms with Crippen LogP contribution in [0.1, 0.15) is 48.4 Å². The van der Waals surface area contributed by atoms with Crippen molar-refractivity contribution in [1.29, 1.82) is 0 Å². The molecular formula is C25H26N10. The minimum atomic E-state index is -0.121. The maximum Gasteiger partial charge on any atom is 0.173 e. The molecule has 5 heterocycles. The lowest BCUT2D eigenvalue weighted by Crippen LogP contribution is -2.59. The predicted octanol–water partition coefficient (Wildman–Crippen LogP) is 2.87. The molecule has 1 unspecified atom stereocenters. The van der Waals surface area contributed by atoms with Crippen molar-refractivity contribution in [2.75, 3.05) is 18.0 Å². The molecule has 0 spiro atoms. The summed E-state index contributed by atoms with van der Waals surface area (Å²) in [5.41, 5.74) is 3.20. The Morgan fingerprint density at radius 3 is 2.89 bits per heavy atom. The van der Waals surface area contributed by atoms with Gasteiger partial charge in [0.2, 0.25) is 0 Å². The lowest BCUT2D eigenvalue weighted by atomic mass is 9.92. The van der Waals surface area contributed by atoms with E-state index in [1.807, 2.05) is 40.9 Å². The van der Waals surface area contributed by atoms with E-state index < -0.39 is 0 Å². The molecule has 176 valence electrons. The van der Waals surface area contributed by atoms with Crippen molar-refractivity contribution in [2.24, 2.45) is 0 Å². The highest BCUT2D eigenvalue weighted by atomic mass is 15.6. The molecule has 10 nitrogen and oxygen atoms in total. The maximum atomic E-state index is 4.65. The lowest BCUT2D eigenvalue weighted by Gasteiger charge is -2.42. The van der Waals surface area contributed by atoms with Crippen molar-refractivity contribution >= 4 is 22.1 Å². The molecule has 1 saturated heterocycles. The average Bonchev–Trinajstić information content (AvgIpc) is 3.43. The highest BCUT2D eigenvalue weighted by Crippen LogP contribution is 2.35. The number of aryl methyl sites for hydroxylation is 1. The smallest absolute Gasteiger partial charge is 0.173 e. The first-order valence-corrected chi connectivity index (χ1v) is 12.2. The van der Waals surface area contributed by atoms with Gasteiger partial charge < -0.3 is 4.90 Å². The molecule has 4 aromatic heterocycles. The fraction of sp³-hybridized carbons (Fsp3) is 0.360. The standard InChI is InChI=1S/C25H26N10/c1-16-12-22-24(27-10-11-34(22)30-16)33-14-18(15-33)28-23(25-29-31-32-35(25)19-5-3-6-19)21-7-2-4-17-13-26-9-8-20(17)21/h2,4,7-13,18-19,23,28H,3,5-6,14-15H2,1H3. The molecule has 1 N–H and O–H groups in total. The second kappa shape index (κ2) is 8.09. The van der Waals surface area contributed by atoms with Crippen LogP contribution in [0.2, 0.25) is 0 Å². The molecule has 0 radical (unpaired) electrons. The van der Waals surface area contributed by atoms with Gasteiger partial charge in [0.25, 0.3) is 0 Å². The molecule has 1 aromatic carbocycles. The van der Waals surface area contributed by atoms with Gasteiger partial charge in [-0.25, -0.2) is 14.2 Å². The molecule has 1 atom stereocenters. The summed E-state index contributed by atoms with van der Waals surface area (Å²) in [6, 6.07) is 11.1. The molecule has 7 rings (SSSR count). The van der Waals surface area contributed by atoms with E-state index in [0.29, 0.717) is 6.04 Å². The molecule has 35 heavy (non-hydrogen) atoms. The van der Waals surface area contributed by atoms with Crippen LogP contribution < -0.4 is 10.2 Å². The van der Waals surface area contributed by atoms with Gasteiger partial charge in [0.15, 0.2) is 11.6 Å². The van der Waals surface area contributed by atoms with Crippen LogP contribution in [0.5, 0.6) is 0 Å². The third-order valence-electron chi connectivity index (χ3n) is 7.30. The van der Waals surface area contributed by atoms with Crippen molar-refractivity contribution in [3.8, 4) is 0 Å². The molecule has 1 saturated carbocycles. The molecule has 0 bridgehead atoms. The minimum absolute atomic E-state index is 0.121. The van der Waals surface area contributed by atoms with Gasteiger partial charge in [0.05, 0.1) is 17.8 Å². The number of anilines is 1. The molecular weight excluding hydrogens is 440 g/mol. The second-order valence-electron chi connectivity index (χ2n) is 9.58. The van der Waals surface area contributed by atoms with Crippen LogP contribution in [0.25, 0.3) is 16.3 Å². The van der Waals surface area contributed by atoms with Crippen LogP contribution in [-0.2, 0) is 0 Å². The highest BCUT2D eigenvalue weighted by molar-refractivity contribution is 5.85. The van der Waals surface area contributed by atoms with E-state index in [0.717, 1.165) is 54.2 Å². The van der Waals surface area contributed by atoms with Gasteiger partial charge in [0, 0.05) is 49.3 Å². The molecule has 1 aliphatic carbocycles. The van der Waals surface area contributed by atoms with E-state index in [1.165, 1.54) is 17.4 Å². The van der Waals surface area contributed by atoms with Crippen LogP contribution in [-0.4, -0.2) is 58.9 Å². The number of fused-ring (bicyclic) bond motifs is 2. The number of pyridine rings is 1. The molecule has 0 amide bonds. The van der Waals surface area contributed by atoms with Crippen molar-refractivity contribution in [3.63, 3.8) is 0 Å². The van der Waals surface area contributed by atoms with Gasteiger partial charge in [-0.05, 0) is 59.7 Å². The normalized spacial score (nSPS) is 17.6. The maximum absolute atomic E-state index is 4.65. The number of hydrogen-bond acceptors (Lipinski definition) is 8. The van der Waals surface area contributed by atoms with Crippen LogP contribution in [0.4, 0.5) is 5.82 Å². The molecule has 1 aliphatic heterocycles. The lowest BCUT2D eigenvalue weighted by molar-refractivity contribution is 0.268. The van der Waals surface area contributed by atoms with Gasteiger partial charge in [-0.3, -0.25) is 10.3 Å². The monoisotopic (exact) mass is 466 g/mol. The molecule has 2 aliphatic rings. The first kappa shape index (κ1) is 20.5. The number of tetrazole rings is 1. The summed E-state index contributed by atoms with van der Waals surface area (Å²) in [5.74, 6) is 1.85. The third kappa shape index (κ3) is 3.44. The third-order valence-corrected chi connectivity index (χ3v) is 7.30. The van der Waals surface area contributed by atoms with E-state index in [1.54, 1.807) is 0 Å². The quantitative estimate of drug-likeness (QED) is 0.408. The molecule has 5 aromatic rings. The minimum Gasteiger partial charge on any atom is -0.352 e. The molecule has 10 heteroatoms. The van der Waals surface area contributed by atoms with E-state index in [9.17, 15) is 0 Å². The van der Waals surface area contributed by atoms with Gasteiger partial charge in [0.1, 0.15) is 5.52 Å².